The molecule has 0 aliphatic rings. The summed E-state index contributed by atoms with van der Waals surface area (Å²) in [4.78, 5) is 0. The fourth-order valence-corrected chi connectivity index (χ4v) is 1.96. The molecule has 2 nitrogen and oxygen atoms in total. The van der Waals surface area contributed by atoms with Gasteiger partial charge in [-0.05, 0) is 26.0 Å². The normalized spacial score (nSPS) is 9.56. The van der Waals surface area contributed by atoms with E-state index in [1.54, 1.807) is 12.1 Å². The van der Waals surface area contributed by atoms with E-state index in [4.69, 9.17) is 0 Å². The highest BCUT2D eigenvalue weighted by Gasteiger charge is 2.10. The van der Waals surface area contributed by atoms with Gasteiger partial charge in [-0.2, -0.15) is 10.5 Å². The van der Waals surface area contributed by atoms with Crippen LogP contribution in [0.5, 0.6) is 0 Å². The number of hydrogen-bond donors (Lipinski definition) is 0. The quantitative estimate of drug-likeness (QED) is 0.752. The van der Waals surface area contributed by atoms with Gasteiger partial charge >= 0.3 is 0 Å². The first-order chi connectivity index (χ1) is 8.65. The van der Waals surface area contributed by atoms with Gasteiger partial charge in [0.05, 0.1) is 23.3 Å². The Kier molecular flexibility index (Phi) is 3.13. The van der Waals surface area contributed by atoms with Gasteiger partial charge in [-0.3, -0.25) is 0 Å². The molecule has 0 heterocycles. The lowest BCUT2D eigenvalue weighted by Gasteiger charge is -2.08. The zero-order chi connectivity index (χ0) is 13.1. The Morgan fingerprint density at radius 1 is 0.722 bits per heavy atom. The Bertz CT molecular complexity index is 624. The lowest BCUT2D eigenvalue weighted by atomic mass is 9.93. The van der Waals surface area contributed by atoms with Crippen molar-refractivity contribution in [3.05, 3.63) is 58.7 Å². The Balaban J connectivity index is 2.77. The summed E-state index contributed by atoms with van der Waals surface area (Å²) < 4.78 is 0. The monoisotopic (exact) mass is 232 g/mol. The lowest BCUT2D eigenvalue weighted by Crippen LogP contribution is -1.90. The number of nitrogens with zero attached hydrogens (tertiary/aromatic N) is 2. The van der Waals surface area contributed by atoms with Crippen LogP contribution in [0.25, 0.3) is 11.1 Å². The van der Waals surface area contributed by atoms with Crippen molar-refractivity contribution in [3.8, 4) is 23.3 Å². The average molecular weight is 232 g/mol. The first-order valence-electron chi connectivity index (χ1n) is 5.67. The fraction of sp³-hybridized carbons (Fsp3) is 0.125. The van der Waals surface area contributed by atoms with Crippen LogP contribution in [0.15, 0.2) is 36.4 Å². The minimum atomic E-state index is 0.600. The maximum atomic E-state index is 9.17. The van der Waals surface area contributed by atoms with Gasteiger partial charge < -0.3 is 0 Å². The van der Waals surface area contributed by atoms with Crippen molar-refractivity contribution in [2.75, 3.05) is 0 Å². The molecule has 0 aromatic heterocycles. The van der Waals surface area contributed by atoms with Crippen molar-refractivity contribution in [2.45, 2.75) is 13.8 Å². The zero-order valence-electron chi connectivity index (χ0n) is 10.4. The number of rotatable bonds is 1. The van der Waals surface area contributed by atoms with Crippen LogP contribution in [0, 0.1) is 36.5 Å². The van der Waals surface area contributed by atoms with Crippen LogP contribution in [-0.4, -0.2) is 0 Å². The SMILES string of the molecule is Cc1ccc(C#N)c(-c2cc(C)ccc2C#N)c1. The minimum Gasteiger partial charge on any atom is -0.192 e. The van der Waals surface area contributed by atoms with E-state index in [9.17, 15) is 10.5 Å². The Morgan fingerprint density at radius 3 is 1.44 bits per heavy atom. The highest BCUT2D eigenvalue weighted by atomic mass is 14.3. The van der Waals surface area contributed by atoms with Crippen LogP contribution in [0.2, 0.25) is 0 Å². The molecule has 0 bridgehead atoms. The predicted octanol–water partition coefficient (Wildman–Crippen LogP) is 3.71. The highest BCUT2D eigenvalue weighted by Crippen LogP contribution is 2.28. The van der Waals surface area contributed by atoms with Crippen LogP contribution >= 0.6 is 0 Å². The Hall–Kier alpha value is -2.58. The molecule has 2 aromatic rings. The third-order valence-electron chi connectivity index (χ3n) is 2.88. The maximum absolute atomic E-state index is 9.17. The predicted molar refractivity (Wildman–Crippen MR) is 70.8 cm³/mol. The van der Waals surface area contributed by atoms with Gasteiger partial charge in [-0.1, -0.05) is 35.4 Å². The fourth-order valence-electron chi connectivity index (χ4n) is 1.96. The van der Waals surface area contributed by atoms with Gasteiger partial charge in [0.25, 0.3) is 0 Å². The largest absolute Gasteiger partial charge is 0.192 e. The molecule has 0 fully saturated rings. The smallest absolute Gasteiger partial charge is 0.0998 e. The molecule has 0 atom stereocenters. The molecule has 2 heteroatoms. The van der Waals surface area contributed by atoms with E-state index in [-0.39, 0.29) is 0 Å². The van der Waals surface area contributed by atoms with Crippen LogP contribution in [0.4, 0.5) is 0 Å². The summed E-state index contributed by atoms with van der Waals surface area (Å²) in [6, 6.07) is 15.7. The molecule has 0 saturated carbocycles. The van der Waals surface area contributed by atoms with Gasteiger partial charge in [-0.15, -0.1) is 0 Å². The number of hydrogen-bond acceptors (Lipinski definition) is 2. The van der Waals surface area contributed by atoms with Crippen molar-refractivity contribution in [1.82, 2.24) is 0 Å². The molecule has 0 aliphatic heterocycles. The summed E-state index contributed by atoms with van der Waals surface area (Å²) in [6.07, 6.45) is 0. The summed E-state index contributed by atoms with van der Waals surface area (Å²) >= 11 is 0. The van der Waals surface area contributed by atoms with Crippen molar-refractivity contribution < 1.29 is 0 Å². The van der Waals surface area contributed by atoms with Gasteiger partial charge in [0, 0.05) is 11.1 Å². The number of nitriles is 2. The third kappa shape index (κ3) is 2.10. The summed E-state index contributed by atoms with van der Waals surface area (Å²) in [5.41, 5.74) is 5.02. The zero-order valence-corrected chi connectivity index (χ0v) is 10.4. The standard InChI is InChI=1S/C16H12N2/c1-11-3-5-13(9-17)15(7-11)16-8-12(2)4-6-14(16)10-18/h3-8H,1-2H3. The number of aryl methyl sites for hydroxylation is 2. The lowest BCUT2D eigenvalue weighted by molar-refractivity contribution is 1.39. The van der Waals surface area contributed by atoms with Crippen LogP contribution in [0.1, 0.15) is 22.3 Å². The molecule has 0 aliphatic carbocycles. The van der Waals surface area contributed by atoms with Gasteiger partial charge in [-0.25, -0.2) is 0 Å². The van der Waals surface area contributed by atoms with Crippen molar-refractivity contribution >= 4 is 0 Å². The Labute approximate surface area is 107 Å². The second kappa shape index (κ2) is 4.73. The summed E-state index contributed by atoms with van der Waals surface area (Å²) in [5.74, 6) is 0. The van der Waals surface area contributed by atoms with E-state index in [0.717, 1.165) is 22.3 Å². The summed E-state index contributed by atoms with van der Waals surface area (Å²) in [6.45, 7) is 3.96. The van der Waals surface area contributed by atoms with Gasteiger partial charge in [0.15, 0.2) is 0 Å². The first-order valence-corrected chi connectivity index (χ1v) is 5.67. The Morgan fingerprint density at radius 2 is 1.11 bits per heavy atom. The molecule has 0 unspecified atom stereocenters. The van der Waals surface area contributed by atoms with E-state index < -0.39 is 0 Å². The molecule has 0 spiro atoms. The molecule has 86 valence electrons. The van der Waals surface area contributed by atoms with Crippen molar-refractivity contribution in [2.24, 2.45) is 0 Å². The number of benzene rings is 2. The van der Waals surface area contributed by atoms with Gasteiger partial charge in [0.2, 0.25) is 0 Å². The second-order valence-corrected chi connectivity index (χ2v) is 4.32. The topological polar surface area (TPSA) is 47.6 Å². The van der Waals surface area contributed by atoms with Crippen LogP contribution < -0.4 is 0 Å². The molecule has 0 saturated heterocycles. The average Bonchev–Trinajstić information content (AvgIpc) is 2.38. The summed E-state index contributed by atoms with van der Waals surface area (Å²) in [7, 11) is 0. The van der Waals surface area contributed by atoms with E-state index in [1.807, 2.05) is 38.1 Å². The van der Waals surface area contributed by atoms with E-state index >= 15 is 0 Å². The van der Waals surface area contributed by atoms with Crippen molar-refractivity contribution in [3.63, 3.8) is 0 Å². The molecule has 0 radical (unpaired) electrons. The molecule has 0 amide bonds. The van der Waals surface area contributed by atoms with Crippen LogP contribution in [-0.2, 0) is 0 Å². The van der Waals surface area contributed by atoms with E-state index in [0.29, 0.717) is 11.1 Å². The molecular formula is C16H12N2. The second-order valence-electron chi connectivity index (χ2n) is 4.32. The summed E-state index contributed by atoms with van der Waals surface area (Å²) in [5, 5.41) is 18.3. The molecule has 2 rings (SSSR count). The van der Waals surface area contributed by atoms with E-state index in [2.05, 4.69) is 12.1 Å². The third-order valence-corrected chi connectivity index (χ3v) is 2.88. The maximum Gasteiger partial charge on any atom is 0.0998 e. The van der Waals surface area contributed by atoms with E-state index in [1.165, 1.54) is 0 Å². The van der Waals surface area contributed by atoms with Gasteiger partial charge in [0.1, 0.15) is 0 Å². The molecule has 0 N–H and O–H groups in total. The van der Waals surface area contributed by atoms with Crippen LogP contribution in [0.3, 0.4) is 0 Å². The highest BCUT2D eigenvalue weighted by molar-refractivity contribution is 5.76. The minimum absolute atomic E-state index is 0.600. The molecule has 18 heavy (non-hydrogen) atoms. The first kappa shape index (κ1) is 11.9. The molecule has 2 aromatic carbocycles. The molecular weight excluding hydrogens is 220 g/mol. The van der Waals surface area contributed by atoms with Crippen molar-refractivity contribution in [1.29, 1.82) is 10.5 Å².